The first-order chi connectivity index (χ1) is 13.1. The number of benzene rings is 1. The van der Waals surface area contributed by atoms with Crippen LogP contribution in [-0.2, 0) is 25.7 Å². The van der Waals surface area contributed by atoms with Crippen molar-refractivity contribution in [2.45, 2.75) is 51.5 Å². The molecule has 0 bridgehead atoms. The Morgan fingerprint density at radius 1 is 1.14 bits per heavy atom. The number of amides is 2. The molecule has 0 heterocycles. The Labute approximate surface area is 164 Å². The van der Waals surface area contributed by atoms with Gasteiger partial charge in [0.15, 0.2) is 0 Å². The van der Waals surface area contributed by atoms with E-state index < -0.39 is 48.7 Å². The fourth-order valence-corrected chi connectivity index (χ4v) is 2.03. The predicted molar refractivity (Wildman–Crippen MR) is 100 cm³/mol. The lowest BCUT2D eigenvalue weighted by atomic mass is 10.2. The van der Waals surface area contributed by atoms with Gasteiger partial charge in [-0.15, -0.1) is 0 Å². The van der Waals surface area contributed by atoms with Gasteiger partial charge in [-0.1, -0.05) is 30.3 Å². The Kier molecular flexibility index (Phi) is 9.40. The fourth-order valence-electron chi connectivity index (χ4n) is 2.03. The van der Waals surface area contributed by atoms with E-state index in [9.17, 15) is 19.5 Å². The number of nitrogens with one attached hydrogen (secondary N) is 2. The molecule has 0 radical (unpaired) electrons. The van der Waals surface area contributed by atoms with E-state index in [0.29, 0.717) is 0 Å². The van der Waals surface area contributed by atoms with Crippen LogP contribution >= 0.6 is 0 Å². The van der Waals surface area contributed by atoms with Crippen molar-refractivity contribution in [3.8, 4) is 0 Å². The molecule has 0 saturated heterocycles. The van der Waals surface area contributed by atoms with Crippen molar-refractivity contribution in [1.29, 1.82) is 0 Å². The lowest BCUT2D eigenvalue weighted by molar-refractivity contribution is -0.147. The van der Waals surface area contributed by atoms with Gasteiger partial charge >= 0.3 is 12.1 Å². The van der Waals surface area contributed by atoms with E-state index in [2.05, 4.69) is 10.6 Å². The maximum atomic E-state index is 12.3. The molecule has 0 aliphatic heterocycles. The topological polar surface area (TPSA) is 134 Å². The standard InChI is InChI=1S/C19H28N2O7/c1-19(2,3)28-18(26)21-15(17(25)20-10-14(23)11-22)9-16(24)27-12-13-7-5-4-6-8-13/h4-8,14-15,22-23H,9-12H2,1-3H3,(H,20,25)(H,21,26). The Balaban J connectivity index is 2.68. The summed E-state index contributed by atoms with van der Waals surface area (Å²) in [6.07, 6.45) is -2.45. The third kappa shape index (κ3) is 9.89. The highest BCUT2D eigenvalue weighted by Gasteiger charge is 2.27. The van der Waals surface area contributed by atoms with Crippen molar-refractivity contribution >= 4 is 18.0 Å². The second-order valence-electron chi connectivity index (χ2n) is 7.13. The number of esters is 1. The van der Waals surface area contributed by atoms with Crippen LogP contribution in [0.15, 0.2) is 30.3 Å². The van der Waals surface area contributed by atoms with Gasteiger partial charge in [0.1, 0.15) is 18.2 Å². The minimum Gasteiger partial charge on any atom is -0.461 e. The summed E-state index contributed by atoms with van der Waals surface area (Å²) < 4.78 is 10.2. The molecular weight excluding hydrogens is 368 g/mol. The third-order valence-electron chi connectivity index (χ3n) is 3.34. The van der Waals surface area contributed by atoms with Crippen molar-refractivity contribution < 1.29 is 34.1 Å². The SMILES string of the molecule is CC(C)(C)OC(=O)NC(CC(=O)OCc1ccccc1)C(=O)NCC(O)CO. The molecule has 9 heteroatoms. The molecule has 1 rings (SSSR count). The van der Waals surface area contributed by atoms with Crippen LogP contribution in [0.1, 0.15) is 32.8 Å². The Morgan fingerprint density at radius 3 is 2.36 bits per heavy atom. The van der Waals surface area contributed by atoms with Gasteiger partial charge in [0, 0.05) is 6.54 Å². The summed E-state index contributed by atoms with van der Waals surface area (Å²) in [4.78, 5) is 36.4. The van der Waals surface area contributed by atoms with Crippen LogP contribution in [-0.4, -0.2) is 59.1 Å². The highest BCUT2D eigenvalue weighted by Crippen LogP contribution is 2.08. The summed E-state index contributed by atoms with van der Waals surface area (Å²) in [6.45, 7) is 4.24. The van der Waals surface area contributed by atoms with Gasteiger partial charge in [-0.05, 0) is 26.3 Å². The van der Waals surface area contributed by atoms with Gasteiger partial charge in [-0.25, -0.2) is 4.79 Å². The van der Waals surface area contributed by atoms with Gasteiger partial charge in [-0.3, -0.25) is 9.59 Å². The lowest BCUT2D eigenvalue weighted by Gasteiger charge is -2.23. The number of aliphatic hydroxyl groups is 2. The number of carbonyl (C=O) groups excluding carboxylic acids is 3. The van der Waals surface area contributed by atoms with Gasteiger partial charge in [0.2, 0.25) is 5.91 Å². The van der Waals surface area contributed by atoms with Crippen LogP contribution in [0.3, 0.4) is 0 Å². The van der Waals surface area contributed by atoms with Crippen LogP contribution in [0, 0.1) is 0 Å². The molecule has 2 atom stereocenters. The lowest BCUT2D eigenvalue weighted by Crippen LogP contribution is -2.50. The van der Waals surface area contributed by atoms with E-state index in [-0.39, 0.29) is 13.2 Å². The molecule has 1 aromatic carbocycles. The molecule has 0 aliphatic carbocycles. The molecule has 9 nitrogen and oxygen atoms in total. The van der Waals surface area contributed by atoms with Crippen LogP contribution in [0.5, 0.6) is 0 Å². The number of carbonyl (C=O) groups is 3. The first-order valence-corrected chi connectivity index (χ1v) is 8.86. The summed E-state index contributed by atoms with van der Waals surface area (Å²) in [5.41, 5.74) is -0.00513. The summed E-state index contributed by atoms with van der Waals surface area (Å²) >= 11 is 0. The highest BCUT2D eigenvalue weighted by molar-refractivity contribution is 5.89. The minimum absolute atomic E-state index is 0.0314. The van der Waals surface area contributed by atoms with Crippen molar-refractivity contribution in [2.24, 2.45) is 0 Å². The monoisotopic (exact) mass is 396 g/mol. The summed E-state index contributed by atoms with van der Waals surface area (Å²) in [5, 5.41) is 22.8. The van der Waals surface area contributed by atoms with Gasteiger partial charge < -0.3 is 30.3 Å². The van der Waals surface area contributed by atoms with E-state index >= 15 is 0 Å². The zero-order chi connectivity index (χ0) is 21.2. The van der Waals surface area contributed by atoms with Crippen LogP contribution in [0.2, 0.25) is 0 Å². The van der Waals surface area contributed by atoms with E-state index in [1.54, 1.807) is 45.0 Å². The Bertz CT molecular complexity index is 643. The number of hydrogen-bond acceptors (Lipinski definition) is 7. The van der Waals surface area contributed by atoms with E-state index in [0.717, 1.165) is 5.56 Å². The number of rotatable bonds is 9. The molecule has 1 aromatic rings. The Hall–Kier alpha value is -2.65. The fraction of sp³-hybridized carbons (Fsp3) is 0.526. The van der Waals surface area contributed by atoms with Crippen molar-refractivity contribution in [3.63, 3.8) is 0 Å². The largest absolute Gasteiger partial charge is 0.461 e. The molecular formula is C19H28N2O7. The normalized spacial score (nSPS) is 13.2. The first-order valence-electron chi connectivity index (χ1n) is 8.86. The summed E-state index contributed by atoms with van der Waals surface area (Å²) in [6, 6.07) is 7.74. The average molecular weight is 396 g/mol. The Morgan fingerprint density at radius 2 is 1.79 bits per heavy atom. The molecule has 0 fully saturated rings. The number of hydrogen-bond donors (Lipinski definition) is 4. The molecule has 156 valence electrons. The minimum atomic E-state index is -1.26. The van der Waals surface area contributed by atoms with Gasteiger partial charge in [0.05, 0.1) is 19.1 Å². The molecule has 4 N–H and O–H groups in total. The van der Waals surface area contributed by atoms with Crippen molar-refractivity contribution in [2.75, 3.05) is 13.2 Å². The van der Waals surface area contributed by atoms with Crippen LogP contribution in [0.4, 0.5) is 4.79 Å². The zero-order valence-corrected chi connectivity index (χ0v) is 16.3. The van der Waals surface area contributed by atoms with Crippen LogP contribution < -0.4 is 10.6 Å². The maximum Gasteiger partial charge on any atom is 0.408 e. The highest BCUT2D eigenvalue weighted by atomic mass is 16.6. The second kappa shape index (κ2) is 11.3. The predicted octanol–water partition coefficient (Wildman–Crippen LogP) is 0.483. The average Bonchev–Trinajstić information content (AvgIpc) is 2.62. The number of ether oxygens (including phenoxy) is 2. The van der Waals surface area contributed by atoms with Gasteiger partial charge in [-0.2, -0.15) is 0 Å². The molecule has 2 amide bonds. The zero-order valence-electron chi connectivity index (χ0n) is 16.3. The van der Waals surface area contributed by atoms with E-state index in [1.165, 1.54) is 0 Å². The quantitative estimate of drug-likeness (QED) is 0.446. The second-order valence-corrected chi connectivity index (χ2v) is 7.13. The summed E-state index contributed by atoms with van der Waals surface area (Å²) in [7, 11) is 0. The molecule has 0 saturated carbocycles. The maximum absolute atomic E-state index is 12.3. The first kappa shape index (κ1) is 23.4. The number of alkyl carbamates (subject to hydrolysis) is 1. The van der Waals surface area contributed by atoms with E-state index in [4.69, 9.17) is 14.6 Å². The molecule has 2 unspecified atom stereocenters. The molecule has 0 aromatic heterocycles. The van der Waals surface area contributed by atoms with E-state index in [1.807, 2.05) is 6.07 Å². The van der Waals surface area contributed by atoms with Gasteiger partial charge in [0.25, 0.3) is 0 Å². The molecule has 0 spiro atoms. The van der Waals surface area contributed by atoms with Crippen molar-refractivity contribution in [1.82, 2.24) is 10.6 Å². The molecule has 28 heavy (non-hydrogen) atoms. The molecule has 0 aliphatic rings. The smallest absolute Gasteiger partial charge is 0.408 e. The third-order valence-corrected chi connectivity index (χ3v) is 3.34. The number of aliphatic hydroxyl groups excluding tert-OH is 2. The summed E-state index contributed by atoms with van der Waals surface area (Å²) in [5.74, 6) is -1.40. The van der Waals surface area contributed by atoms with Crippen LogP contribution in [0.25, 0.3) is 0 Å². The van der Waals surface area contributed by atoms with Crippen molar-refractivity contribution in [3.05, 3.63) is 35.9 Å².